The van der Waals surface area contributed by atoms with E-state index in [4.69, 9.17) is 21.1 Å². The largest absolute Gasteiger partial charge is 0.496 e. The van der Waals surface area contributed by atoms with Crippen LogP contribution in [0.25, 0.3) is 29.1 Å². The molecule has 4 aromatic rings. The van der Waals surface area contributed by atoms with Crippen molar-refractivity contribution < 1.29 is 13.9 Å². The maximum absolute atomic E-state index is 14.0. The van der Waals surface area contributed by atoms with Crippen LogP contribution in [0.3, 0.4) is 0 Å². The highest BCUT2D eigenvalue weighted by molar-refractivity contribution is 6.32. The molecule has 0 saturated heterocycles. The molecule has 156 valence electrons. The van der Waals surface area contributed by atoms with Crippen molar-refractivity contribution in [2.75, 3.05) is 14.2 Å². The number of benzene rings is 3. The van der Waals surface area contributed by atoms with Crippen LogP contribution < -0.4 is 9.47 Å². The lowest BCUT2D eigenvalue weighted by Gasteiger charge is -2.15. The van der Waals surface area contributed by atoms with Gasteiger partial charge in [-0.15, -0.1) is 0 Å². The summed E-state index contributed by atoms with van der Waals surface area (Å²) in [5.41, 5.74) is 3.61. The van der Waals surface area contributed by atoms with E-state index in [9.17, 15) is 4.39 Å². The average molecular weight is 435 g/mol. The number of para-hydroxylation sites is 1. The van der Waals surface area contributed by atoms with Crippen molar-refractivity contribution in [2.45, 2.75) is 0 Å². The van der Waals surface area contributed by atoms with Gasteiger partial charge in [0.2, 0.25) is 0 Å². The molecule has 0 fully saturated rings. The first-order chi connectivity index (χ1) is 15.1. The molecule has 4 nitrogen and oxygen atoms in total. The Hall–Kier alpha value is -3.57. The Morgan fingerprint density at radius 2 is 1.58 bits per heavy atom. The summed E-state index contributed by atoms with van der Waals surface area (Å²) in [6.07, 6.45) is 5.24. The highest BCUT2D eigenvalue weighted by atomic mass is 35.5. The highest BCUT2D eigenvalue weighted by Crippen LogP contribution is 2.38. The summed E-state index contributed by atoms with van der Waals surface area (Å²) in [5, 5.41) is 5.04. The Labute approximate surface area is 185 Å². The minimum Gasteiger partial charge on any atom is -0.496 e. The molecule has 0 bridgehead atoms. The summed E-state index contributed by atoms with van der Waals surface area (Å²) in [6, 6.07) is 19.7. The molecule has 1 aromatic heterocycles. The minimum atomic E-state index is -0.289. The number of nitrogens with zero attached hydrogens (tertiary/aromatic N) is 2. The Morgan fingerprint density at radius 3 is 2.32 bits per heavy atom. The Bertz CT molecular complexity index is 1250. The van der Waals surface area contributed by atoms with Crippen molar-refractivity contribution in [1.29, 1.82) is 0 Å². The summed E-state index contributed by atoms with van der Waals surface area (Å²) < 4.78 is 27.0. The van der Waals surface area contributed by atoms with E-state index in [1.165, 1.54) is 6.07 Å². The molecule has 0 amide bonds. The van der Waals surface area contributed by atoms with Gasteiger partial charge in [0.25, 0.3) is 0 Å². The van der Waals surface area contributed by atoms with E-state index in [0.717, 1.165) is 22.5 Å². The van der Waals surface area contributed by atoms with Gasteiger partial charge < -0.3 is 9.47 Å². The summed E-state index contributed by atoms with van der Waals surface area (Å²) >= 11 is 6.40. The molecule has 0 saturated carbocycles. The first kappa shape index (κ1) is 20.7. The normalized spacial score (nSPS) is 11.1. The molecule has 0 aliphatic carbocycles. The summed E-state index contributed by atoms with van der Waals surface area (Å²) in [5.74, 6) is 0.939. The zero-order chi connectivity index (χ0) is 21.8. The van der Waals surface area contributed by atoms with Crippen LogP contribution in [0.4, 0.5) is 4.39 Å². The molecule has 0 unspecified atom stereocenters. The fourth-order valence-corrected chi connectivity index (χ4v) is 3.58. The fourth-order valence-electron chi connectivity index (χ4n) is 3.37. The van der Waals surface area contributed by atoms with Crippen molar-refractivity contribution in [3.8, 4) is 28.4 Å². The lowest BCUT2D eigenvalue weighted by atomic mass is 10.0. The first-order valence-corrected chi connectivity index (χ1v) is 9.98. The SMILES string of the molecule is COc1cc(OC)c(-c2ccnn2-c2ccccc2Cl)cc1C=Cc1ccccc1F. The van der Waals surface area contributed by atoms with Crippen LogP contribution in [0, 0.1) is 5.82 Å². The molecular weight excluding hydrogens is 415 g/mol. The molecular formula is C25H20ClFN2O2. The van der Waals surface area contributed by atoms with E-state index < -0.39 is 0 Å². The fraction of sp³-hybridized carbons (Fsp3) is 0.0800. The van der Waals surface area contributed by atoms with Gasteiger partial charge in [-0.2, -0.15) is 5.10 Å². The topological polar surface area (TPSA) is 36.3 Å². The third-order valence-corrected chi connectivity index (χ3v) is 5.22. The van der Waals surface area contributed by atoms with E-state index in [-0.39, 0.29) is 5.82 Å². The van der Waals surface area contributed by atoms with Crippen LogP contribution in [0.5, 0.6) is 11.5 Å². The van der Waals surface area contributed by atoms with Crippen molar-refractivity contribution in [1.82, 2.24) is 9.78 Å². The summed E-state index contributed by atoms with van der Waals surface area (Å²) in [4.78, 5) is 0. The lowest BCUT2D eigenvalue weighted by Crippen LogP contribution is -2.01. The van der Waals surface area contributed by atoms with E-state index in [2.05, 4.69) is 5.10 Å². The number of methoxy groups -OCH3 is 2. The number of aromatic nitrogens is 2. The van der Waals surface area contributed by atoms with Gasteiger partial charge in [-0.05, 0) is 30.3 Å². The minimum absolute atomic E-state index is 0.289. The molecule has 6 heteroatoms. The molecule has 31 heavy (non-hydrogen) atoms. The van der Waals surface area contributed by atoms with Crippen LogP contribution in [0.2, 0.25) is 5.02 Å². The third-order valence-electron chi connectivity index (χ3n) is 4.90. The van der Waals surface area contributed by atoms with Gasteiger partial charge >= 0.3 is 0 Å². The number of hydrogen-bond donors (Lipinski definition) is 0. The quantitative estimate of drug-likeness (QED) is 0.324. The zero-order valence-corrected chi connectivity index (χ0v) is 17.8. The van der Waals surface area contributed by atoms with Gasteiger partial charge in [0, 0.05) is 22.8 Å². The smallest absolute Gasteiger partial charge is 0.131 e. The number of ether oxygens (including phenoxy) is 2. The van der Waals surface area contributed by atoms with Gasteiger partial charge in [-0.25, -0.2) is 9.07 Å². The maximum atomic E-state index is 14.0. The Morgan fingerprint density at radius 1 is 0.871 bits per heavy atom. The van der Waals surface area contributed by atoms with Gasteiger partial charge in [0.15, 0.2) is 0 Å². The van der Waals surface area contributed by atoms with Crippen molar-refractivity contribution in [3.63, 3.8) is 0 Å². The summed E-state index contributed by atoms with van der Waals surface area (Å²) in [6.45, 7) is 0. The second-order valence-corrected chi connectivity index (χ2v) is 7.14. The molecule has 0 aliphatic heterocycles. The van der Waals surface area contributed by atoms with E-state index in [1.54, 1.807) is 55.4 Å². The standard InChI is InChI=1S/C25H20ClFN2O2/c1-30-24-16-25(31-2)19(15-18(24)12-11-17-7-3-5-9-21(17)27)22-13-14-28-29(22)23-10-6-4-8-20(23)26/h3-16H,1-2H3. The molecule has 3 aromatic carbocycles. The predicted molar refractivity (Wildman–Crippen MR) is 122 cm³/mol. The number of halogens is 2. The second-order valence-electron chi connectivity index (χ2n) is 6.73. The maximum Gasteiger partial charge on any atom is 0.131 e. The zero-order valence-electron chi connectivity index (χ0n) is 17.0. The molecule has 4 rings (SSSR count). The molecule has 0 N–H and O–H groups in total. The second kappa shape index (κ2) is 9.06. The molecule has 0 atom stereocenters. The molecule has 0 aliphatic rings. The Kier molecular flexibility index (Phi) is 6.05. The highest BCUT2D eigenvalue weighted by Gasteiger charge is 2.17. The van der Waals surface area contributed by atoms with Crippen molar-refractivity contribution in [2.24, 2.45) is 0 Å². The van der Waals surface area contributed by atoms with Gasteiger partial charge in [-0.3, -0.25) is 0 Å². The lowest BCUT2D eigenvalue weighted by molar-refractivity contribution is 0.394. The predicted octanol–water partition coefficient (Wildman–Crippen LogP) is 6.52. The molecule has 0 radical (unpaired) electrons. The van der Waals surface area contributed by atoms with Crippen molar-refractivity contribution >= 4 is 23.8 Å². The molecule has 0 spiro atoms. The van der Waals surface area contributed by atoms with E-state index >= 15 is 0 Å². The summed E-state index contributed by atoms with van der Waals surface area (Å²) in [7, 11) is 3.19. The van der Waals surface area contributed by atoms with Crippen LogP contribution in [0.1, 0.15) is 11.1 Å². The van der Waals surface area contributed by atoms with Crippen LogP contribution in [-0.2, 0) is 0 Å². The third kappa shape index (κ3) is 4.18. The monoisotopic (exact) mass is 434 g/mol. The van der Waals surface area contributed by atoms with Gasteiger partial charge in [0.1, 0.15) is 17.3 Å². The van der Waals surface area contributed by atoms with Crippen LogP contribution in [0.15, 0.2) is 72.9 Å². The van der Waals surface area contributed by atoms with E-state index in [0.29, 0.717) is 22.1 Å². The first-order valence-electron chi connectivity index (χ1n) is 9.60. The number of rotatable bonds is 6. The van der Waals surface area contributed by atoms with Gasteiger partial charge in [-0.1, -0.05) is 54.1 Å². The van der Waals surface area contributed by atoms with E-state index in [1.807, 2.05) is 42.5 Å². The van der Waals surface area contributed by atoms with Crippen LogP contribution >= 0.6 is 11.6 Å². The Balaban J connectivity index is 1.85. The average Bonchev–Trinajstić information content (AvgIpc) is 3.27. The van der Waals surface area contributed by atoms with Crippen molar-refractivity contribution in [3.05, 3.63) is 94.9 Å². The number of hydrogen-bond acceptors (Lipinski definition) is 3. The van der Waals surface area contributed by atoms with Gasteiger partial charge in [0.05, 0.1) is 36.8 Å². The van der Waals surface area contributed by atoms with Crippen LogP contribution in [-0.4, -0.2) is 24.0 Å². The molecule has 1 heterocycles.